The summed E-state index contributed by atoms with van der Waals surface area (Å²) in [5.74, 6) is -0.852. The van der Waals surface area contributed by atoms with Crippen molar-refractivity contribution in [2.45, 2.75) is 39.4 Å². The Hall–Kier alpha value is -1.51. The zero-order valence-corrected chi connectivity index (χ0v) is 18.3. The molecule has 148 valence electrons. The Morgan fingerprint density at radius 1 is 1.22 bits per heavy atom. The standard InChI is InChI=1S/C21H27IO5/c1-14(10-11-27-21(25)17-8-6-5-7-9-17)18(23)12-19(24)16(3)20(26-4)15(2)13-22/h5-10,13,16,19-20,24H,11-12H2,1-4H3/b14-10+,15-13+/t16-,19-,20-/m0/s1. The van der Waals surface area contributed by atoms with Crippen molar-refractivity contribution in [1.29, 1.82) is 0 Å². The molecule has 0 saturated carbocycles. The predicted octanol–water partition coefficient (Wildman–Crippen LogP) is 4.10. The van der Waals surface area contributed by atoms with Crippen LogP contribution in [0.25, 0.3) is 0 Å². The van der Waals surface area contributed by atoms with Gasteiger partial charge in [0.1, 0.15) is 6.61 Å². The lowest BCUT2D eigenvalue weighted by Crippen LogP contribution is -2.33. The number of esters is 1. The molecule has 1 N–H and O–H groups in total. The number of aliphatic hydroxyl groups excluding tert-OH is 1. The maximum absolute atomic E-state index is 12.3. The third-order valence-electron chi connectivity index (χ3n) is 4.41. The van der Waals surface area contributed by atoms with Gasteiger partial charge in [-0.3, -0.25) is 4.79 Å². The van der Waals surface area contributed by atoms with E-state index in [0.717, 1.165) is 5.57 Å². The number of aliphatic hydroxyl groups is 1. The molecule has 27 heavy (non-hydrogen) atoms. The molecule has 1 aromatic rings. The molecule has 0 aliphatic carbocycles. The van der Waals surface area contributed by atoms with Gasteiger partial charge >= 0.3 is 5.97 Å². The normalized spacial score (nSPS) is 15.8. The number of ketones is 1. The summed E-state index contributed by atoms with van der Waals surface area (Å²) in [4.78, 5) is 24.2. The number of hydrogen-bond donors (Lipinski definition) is 1. The quantitative estimate of drug-likeness (QED) is 0.306. The molecule has 0 fully saturated rings. The number of Topliss-reactive ketones (excluding diaryl/α,β-unsaturated/α-hetero) is 1. The molecule has 0 spiro atoms. The molecule has 0 amide bonds. The molecule has 0 aromatic heterocycles. The molecule has 0 heterocycles. The maximum Gasteiger partial charge on any atom is 0.338 e. The number of benzene rings is 1. The maximum atomic E-state index is 12.3. The summed E-state index contributed by atoms with van der Waals surface area (Å²) in [5, 5.41) is 10.4. The molecule has 1 aromatic carbocycles. The number of rotatable bonds is 10. The Morgan fingerprint density at radius 3 is 2.41 bits per heavy atom. The smallest absolute Gasteiger partial charge is 0.338 e. The zero-order valence-electron chi connectivity index (χ0n) is 16.1. The first-order valence-corrected chi connectivity index (χ1v) is 9.96. The van der Waals surface area contributed by atoms with Crippen LogP contribution >= 0.6 is 22.6 Å². The number of ether oxygens (including phenoxy) is 2. The van der Waals surface area contributed by atoms with Crippen molar-refractivity contribution in [3.63, 3.8) is 0 Å². The van der Waals surface area contributed by atoms with Gasteiger partial charge in [0, 0.05) is 19.4 Å². The van der Waals surface area contributed by atoms with E-state index in [-0.39, 0.29) is 30.8 Å². The van der Waals surface area contributed by atoms with Crippen LogP contribution < -0.4 is 0 Å². The van der Waals surface area contributed by atoms with E-state index >= 15 is 0 Å². The average Bonchev–Trinajstić information content (AvgIpc) is 2.68. The van der Waals surface area contributed by atoms with Crippen LogP contribution in [0.2, 0.25) is 0 Å². The van der Waals surface area contributed by atoms with E-state index in [2.05, 4.69) is 22.6 Å². The van der Waals surface area contributed by atoms with Gasteiger partial charge < -0.3 is 14.6 Å². The van der Waals surface area contributed by atoms with Crippen LogP contribution in [0.15, 0.2) is 51.6 Å². The lowest BCUT2D eigenvalue weighted by molar-refractivity contribution is -0.118. The van der Waals surface area contributed by atoms with Gasteiger partial charge in [0.2, 0.25) is 0 Å². The molecule has 5 nitrogen and oxygen atoms in total. The highest BCUT2D eigenvalue weighted by molar-refractivity contribution is 14.1. The number of methoxy groups -OCH3 is 1. The van der Waals surface area contributed by atoms with Crippen molar-refractivity contribution in [1.82, 2.24) is 0 Å². The minimum atomic E-state index is -0.830. The first-order valence-electron chi connectivity index (χ1n) is 8.71. The van der Waals surface area contributed by atoms with Gasteiger partial charge in [0.05, 0.1) is 17.8 Å². The number of halogens is 1. The van der Waals surface area contributed by atoms with Gasteiger partial charge in [-0.15, -0.1) is 0 Å². The van der Waals surface area contributed by atoms with Crippen LogP contribution in [0.3, 0.4) is 0 Å². The molecule has 0 radical (unpaired) electrons. The summed E-state index contributed by atoms with van der Waals surface area (Å²) in [6.45, 7) is 5.45. The summed E-state index contributed by atoms with van der Waals surface area (Å²) in [5.41, 5.74) is 1.91. The number of hydrogen-bond acceptors (Lipinski definition) is 5. The molecule has 0 aliphatic heterocycles. The Kier molecular flexibility index (Phi) is 10.5. The van der Waals surface area contributed by atoms with Crippen molar-refractivity contribution < 1.29 is 24.2 Å². The van der Waals surface area contributed by atoms with Gasteiger partial charge in [0.15, 0.2) is 5.78 Å². The first-order chi connectivity index (χ1) is 12.8. The Bertz CT molecular complexity index is 681. The summed E-state index contributed by atoms with van der Waals surface area (Å²) >= 11 is 2.13. The molecule has 3 atom stereocenters. The molecule has 0 unspecified atom stereocenters. The van der Waals surface area contributed by atoms with Gasteiger partial charge in [-0.1, -0.05) is 47.7 Å². The molecule has 0 bridgehead atoms. The van der Waals surface area contributed by atoms with E-state index < -0.39 is 12.1 Å². The SMILES string of the molecule is CO[C@@H](/C(C)=C/I)[C@@H](C)[C@@H](O)CC(=O)/C(C)=C/COC(=O)c1ccccc1. The van der Waals surface area contributed by atoms with Crippen molar-refractivity contribution in [3.05, 3.63) is 57.2 Å². The van der Waals surface area contributed by atoms with Crippen LogP contribution in [0.1, 0.15) is 37.6 Å². The molecular weight excluding hydrogens is 459 g/mol. The van der Waals surface area contributed by atoms with E-state index in [9.17, 15) is 14.7 Å². The summed E-state index contributed by atoms with van der Waals surface area (Å²) in [6, 6.07) is 8.66. The van der Waals surface area contributed by atoms with Gasteiger partial charge in [0.25, 0.3) is 0 Å². The van der Waals surface area contributed by atoms with Crippen LogP contribution in [0.4, 0.5) is 0 Å². The Morgan fingerprint density at radius 2 is 1.85 bits per heavy atom. The second kappa shape index (κ2) is 12.0. The predicted molar refractivity (Wildman–Crippen MR) is 114 cm³/mol. The minimum Gasteiger partial charge on any atom is -0.458 e. The fourth-order valence-electron chi connectivity index (χ4n) is 2.63. The van der Waals surface area contributed by atoms with Crippen LogP contribution in [0, 0.1) is 5.92 Å². The van der Waals surface area contributed by atoms with Gasteiger partial charge in [-0.25, -0.2) is 4.79 Å². The molecule has 0 saturated heterocycles. The third kappa shape index (κ3) is 7.56. The van der Waals surface area contributed by atoms with Crippen LogP contribution in [-0.4, -0.2) is 42.8 Å². The fraction of sp³-hybridized carbons (Fsp3) is 0.429. The number of allylic oxidation sites excluding steroid dienone is 1. The molecular formula is C21H27IO5. The monoisotopic (exact) mass is 486 g/mol. The topological polar surface area (TPSA) is 72.8 Å². The van der Waals surface area contributed by atoms with Crippen molar-refractivity contribution in [2.24, 2.45) is 5.92 Å². The Labute approximate surface area is 174 Å². The summed E-state index contributed by atoms with van der Waals surface area (Å²) in [6.07, 6.45) is 0.472. The lowest BCUT2D eigenvalue weighted by atomic mass is 9.90. The van der Waals surface area contributed by atoms with E-state index in [1.165, 1.54) is 0 Å². The molecule has 1 rings (SSSR count). The second-order valence-corrected chi connectivity index (χ2v) is 7.04. The highest BCUT2D eigenvalue weighted by Crippen LogP contribution is 2.22. The molecule has 0 aliphatic rings. The third-order valence-corrected chi connectivity index (χ3v) is 5.39. The largest absolute Gasteiger partial charge is 0.458 e. The van der Waals surface area contributed by atoms with E-state index in [1.807, 2.05) is 24.0 Å². The Balaban J connectivity index is 2.57. The molecule has 6 heteroatoms. The van der Waals surface area contributed by atoms with E-state index in [4.69, 9.17) is 9.47 Å². The van der Waals surface area contributed by atoms with E-state index in [1.54, 1.807) is 44.4 Å². The van der Waals surface area contributed by atoms with Gasteiger partial charge in [-0.05, 0) is 47.3 Å². The zero-order chi connectivity index (χ0) is 20.4. The average molecular weight is 486 g/mol. The number of carbonyl (C=O) groups excluding carboxylic acids is 2. The lowest BCUT2D eigenvalue weighted by Gasteiger charge is -2.27. The van der Waals surface area contributed by atoms with Crippen molar-refractivity contribution in [2.75, 3.05) is 13.7 Å². The first kappa shape index (κ1) is 23.5. The van der Waals surface area contributed by atoms with Crippen LogP contribution in [-0.2, 0) is 14.3 Å². The summed E-state index contributed by atoms with van der Waals surface area (Å²) in [7, 11) is 1.59. The minimum absolute atomic E-state index is 0.00826. The second-order valence-electron chi connectivity index (χ2n) is 6.41. The fourth-order valence-corrected chi connectivity index (χ4v) is 2.98. The van der Waals surface area contributed by atoms with Crippen molar-refractivity contribution >= 4 is 34.3 Å². The van der Waals surface area contributed by atoms with Crippen LogP contribution in [0.5, 0.6) is 0 Å². The van der Waals surface area contributed by atoms with Crippen molar-refractivity contribution in [3.8, 4) is 0 Å². The highest BCUT2D eigenvalue weighted by atomic mass is 127. The highest BCUT2D eigenvalue weighted by Gasteiger charge is 2.27. The number of carbonyl (C=O) groups is 2. The summed E-state index contributed by atoms with van der Waals surface area (Å²) < 4.78 is 12.5. The van der Waals surface area contributed by atoms with Gasteiger partial charge in [-0.2, -0.15) is 0 Å². The van der Waals surface area contributed by atoms with E-state index in [0.29, 0.717) is 11.1 Å².